The molecule has 1 N–H and O–H groups in total. The molecule has 0 spiro atoms. The van der Waals surface area contributed by atoms with Crippen molar-refractivity contribution in [2.75, 3.05) is 13.2 Å². The molecule has 0 saturated carbocycles. The first-order valence-corrected chi connectivity index (χ1v) is 12.0. The number of esters is 1. The Morgan fingerprint density at radius 1 is 1.00 bits per heavy atom. The highest BCUT2D eigenvalue weighted by Crippen LogP contribution is 2.39. The predicted molar refractivity (Wildman–Crippen MR) is 139 cm³/mol. The highest BCUT2D eigenvalue weighted by molar-refractivity contribution is 5.96. The average molecular weight is 494 g/mol. The number of para-hydroxylation sites is 1. The fourth-order valence-corrected chi connectivity index (χ4v) is 4.58. The summed E-state index contributed by atoms with van der Waals surface area (Å²) in [6.07, 6.45) is 1.03. The van der Waals surface area contributed by atoms with Crippen LogP contribution in [0.3, 0.4) is 0 Å². The Morgan fingerprint density at radius 3 is 2.31 bits per heavy atom. The van der Waals surface area contributed by atoms with E-state index in [4.69, 9.17) is 9.47 Å². The Hall–Kier alpha value is -3.68. The number of nitrogens with zero attached hydrogens (tertiary/aromatic N) is 3. The van der Waals surface area contributed by atoms with Crippen LogP contribution in [-0.2, 0) is 26.3 Å². The molecule has 0 atom stereocenters. The van der Waals surface area contributed by atoms with Crippen molar-refractivity contribution < 1.29 is 24.2 Å². The molecule has 0 saturated heterocycles. The standard InChI is InChI=1S/C28H35N3O5/c1-7-35-24(33)16-31-22-11-9-8-10-21(22)25(26(31)34)30-29-23(32)17-36-20-14-12-19(13-15-20)28(5,6)18-27(2,3)4/h8-15,34H,7,16-18H2,1-6H3. The molecule has 2 aromatic carbocycles. The first-order chi connectivity index (χ1) is 16.9. The normalized spacial score (nSPS) is 12.3. The number of carbonyl (C=O) groups excluding carboxylic acids is 2. The van der Waals surface area contributed by atoms with Gasteiger partial charge < -0.3 is 14.6 Å². The van der Waals surface area contributed by atoms with Crippen LogP contribution < -0.4 is 4.74 Å². The number of benzene rings is 2. The highest BCUT2D eigenvalue weighted by atomic mass is 16.5. The maximum atomic E-state index is 12.3. The predicted octanol–water partition coefficient (Wildman–Crippen LogP) is 6.31. The van der Waals surface area contributed by atoms with Gasteiger partial charge in [-0.2, -0.15) is 0 Å². The van der Waals surface area contributed by atoms with E-state index in [1.165, 1.54) is 10.1 Å². The van der Waals surface area contributed by atoms with Gasteiger partial charge in [-0.05, 0) is 47.9 Å². The number of fused-ring (bicyclic) bond motifs is 1. The van der Waals surface area contributed by atoms with E-state index in [0.717, 1.165) is 6.42 Å². The summed E-state index contributed by atoms with van der Waals surface area (Å²) in [4.78, 5) is 24.3. The first-order valence-electron chi connectivity index (χ1n) is 12.0. The second-order valence-corrected chi connectivity index (χ2v) is 10.6. The van der Waals surface area contributed by atoms with E-state index in [2.05, 4.69) is 44.8 Å². The quantitative estimate of drug-likeness (QED) is 0.278. The van der Waals surface area contributed by atoms with Crippen molar-refractivity contribution in [1.29, 1.82) is 0 Å². The van der Waals surface area contributed by atoms with Gasteiger partial charge in [-0.25, -0.2) is 0 Å². The van der Waals surface area contributed by atoms with Gasteiger partial charge in [0.1, 0.15) is 12.3 Å². The molecule has 0 radical (unpaired) electrons. The Bertz CT molecular complexity index is 1250. The molecule has 8 heteroatoms. The van der Waals surface area contributed by atoms with Gasteiger partial charge in [-0.15, -0.1) is 10.2 Å². The van der Waals surface area contributed by atoms with Gasteiger partial charge in [0.2, 0.25) is 5.88 Å². The van der Waals surface area contributed by atoms with E-state index < -0.39 is 11.9 Å². The topological polar surface area (TPSA) is 102 Å². The van der Waals surface area contributed by atoms with Crippen molar-refractivity contribution in [1.82, 2.24) is 4.57 Å². The van der Waals surface area contributed by atoms with E-state index in [-0.39, 0.29) is 42.2 Å². The van der Waals surface area contributed by atoms with Gasteiger partial charge in [0.15, 0.2) is 12.3 Å². The minimum atomic E-state index is -0.603. The van der Waals surface area contributed by atoms with Gasteiger partial charge in [-0.1, -0.05) is 65.0 Å². The van der Waals surface area contributed by atoms with E-state index in [1.54, 1.807) is 31.2 Å². The molecule has 1 heterocycles. The minimum absolute atomic E-state index is 0.00920. The maximum Gasteiger partial charge on any atom is 0.326 e. The number of rotatable bonds is 9. The molecule has 0 fully saturated rings. The smallest absolute Gasteiger partial charge is 0.326 e. The third kappa shape index (κ3) is 6.71. The van der Waals surface area contributed by atoms with Crippen LogP contribution >= 0.6 is 0 Å². The Labute approximate surface area is 211 Å². The number of azo groups is 1. The summed E-state index contributed by atoms with van der Waals surface area (Å²) in [6, 6.07) is 14.7. The lowest BCUT2D eigenvalue weighted by atomic mass is 9.72. The molecule has 0 aliphatic heterocycles. The number of aromatic nitrogens is 1. The fourth-order valence-electron chi connectivity index (χ4n) is 4.58. The monoisotopic (exact) mass is 493 g/mol. The largest absolute Gasteiger partial charge is 0.493 e. The van der Waals surface area contributed by atoms with Gasteiger partial charge in [-0.3, -0.25) is 14.2 Å². The highest BCUT2D eigenvalue weighted by Gasteiger charge is 2.27. The summed E-state index contributed by atoms with van der Waals surface area (Å²) in [5.41, 5.74) is 2.10. The molecule has 0 aliphatic carbocycles. The van der Waals surface area contributed by atoms with Gasteiger partial charge in [0.25, 0.3) is 0 Å². The van der Waals surface area contributed by atoms with Crippen molar-refractivity contribution in [2.24, 2.45) is 15.6 Å². The van der Waals surface area contributed by atoms with E-state index in [9.17, 15) is 14.7 Å². The van der Waals surface area contributed by atoms with Crippen molar-refractivity contribution >= 4 is 28.5 Å². The maximum absolute atomic E-state index is 12.3. The minimum Gasteiger partial charge on any atom is -0.493 e. The summed E-state index contributed by atoms with van der Waals surface area (Å²) in [6.45, 7) is 12.6. The number of carbonyl (C=O) groups is 2. The molecule has 1 aromatic heterocycles. The molecule has 3 aromatic rings. The summed E-state index contributed by atoms with van der Waals surface area (Å²) < 4.78 is 12.0. The second kappa shape index (κ2) is 10.9. The molecule has 1 amide bonds. The van der Waals surface area contributed by atoms with Gasteiger partial charge in [0.05, 0.1) is 12.1 Å². The van der Waals surface area contributed by atoms with Crippen molar-refractivity contribution in [3.05, 3.63) is 54.1 Å². The molecule has 0 aliphatic rings. The number of ether oxygens (including phenoxy) is 2. The summed E-state index contributed by atoms with van der Waals surface area (Å²) in [5.74, 6) is -0.805. The van der Waals surface area contributed by atoms with Gasteiger partial charge >= 0.3 is 11.9 Å². The van der Waals surface area contributed by atoms with Crippen LogP contribution in [0.15, 0.2) is 58.8 Å². The van der Waals surface area contributed by atoms with Crippen LogP contribution in [0.2, 0.25) is 0 Å². The fraction of sp³-hybridized carbons (Fsp3) is 0.429. The van der Waals surface area contributed by atoms with Crippen molar-refractivity contribution in [3.8, 4) is 11.6 Å². The van der Waals surface area contributed by atoms with Crippen LogP contribution in [0.25, 0.3) is 10.9 Å². The lowest BCUT2D eigenvalue weighted by Gasteiger charge is -2.33. The molecule has 3 rings (SSSR count). The third-order valence-electron chi connectivity index (χ3n) is 5.74. The van der Waals surface area contributed by atoms with Crippen LogP contribution in [0.5, 0.6) is 11.6 Å². The zero-order valence-electron chi connectivity index (χ0n) is 21.9. The van der Waals surface area contributed by atoms with Crippen LogP contribution in [-0.4, -0.2) is 34.8 Å². The molecule has 36 heavy (non-hydrogen) atoms. The van der Waals surface area contributed by atoms with Crippen LogP contribution in [0, 0.1) is 5.41 Å². The number of hydrogen-bond donors (Lipinski definition) is 1. The zero-order valence-corrected chi connectivity index (χ0v) is 21.9. The lowest BCUT2D eigenvalue weighted by molar-refractivity contribution is -0.143. The molecular weight excluding hydrogens is 458 g/mol. The van der Waals surface area contributed by atoms with E-state index in [1.807, 2.05) is 24.3 Å². The van der Waals surface area contributed by atoms with Crippen LogP contribution in [0.4, 0.5) is 5.69 Å². The third-order valence-corrected chi connectivity index (χ3v) is 5.74. The molecule has 8 nitrogen and oxygen atoms in total. The SMILES string of the molecule is CCOC(=O)Cn1c(O)c(N=NC(=O)COc2ccc(C(C)(C)CC(C)(C)C)cc2)c2ccccc21. The average Bonchev–Trinajstić information content (AvgIpc) is 3.06. The zero-order chi connectivity index (χ0) is 26.5. The lowest BCUT2D eigenvalue weighted by Crippen LogP contribution is -2.24. The van der Waals surface area contributed by atoms with Crippen molar-refractivity contribution in [3.63, 3.8) is 0 Å². The van der Waals surface area contributed by atoms with Crippen LogP contribution in [0.1, 0.15) is 53.5 Å². The molecular formula is C28H35N3O5. The Balaban J connectivity index is 1.68. The summed E-state index contributed by atoms with van der Waals surface area (Å²) in [7, 11) is 0. The van der Waals surface area contributed by atoms with Crippen molar-refractivity contribution in [2.45, 2.75) is 59.9 Å². The number of aromatic hydroxyl groups is 1. The van der Waals surface area contributed by atoms with Gasteiger partial charge in [0, 0.05) is 5.39 Å². The Kier molecular flexibility index (Phi) is 8.17. The van der Waals surface area contributed by atoms with E-state index in [0.29, 0.717) is 16.7 Å². The molecule has 0 unspecified atom stereocenters. The Morgan fingerprint density at radius 2 is 1.67 bits per heavy atom. The molecule has 0 bridgehead atoms. The second-order valence-electron chi connectivity index (χ2n) is 10.6. The first kappa shape index (κ1) is 26.9. The van der Waals surface area contributed by atoms with E-state index >= 15 is 0 Å². The molecule has 192 valence electrons. The number of hydrogen-bond acceptors (Lipinski definition) is 6. The summed E-state index contributed by atoms with van der Waals surface area (Å²) >= 11 is 0. The number of amides is 1. The summed E-state index contributed by atoms with van der Waals surface area (Å²) in [5, 5.41) is 18.9.